The van der Waals surface area contributed by atoms with Gasteiger partial charge in [0.15, 0.2) is 0 Å². The summed E-state index contributed by atoms with van der Waals surface area (Å²) in [6.07, 6.45) is 0.300. The highest BCUT2D eigenvalue weighted by molar-refractivity contribution is 5.74. The van der Waals surface area contributed by atoms with Crippen LogP contribution in [0.3, 0.4) is 0 Å². The van der Waals surface area contributed by atoms with Gasteiger partial charge in [0.2, 0.25) is 0 Å². The Hall–Kier alpha value is -2.96. The van der Waals surface area contributed by atoms with Gasteiger partial charge in [0.05, 0.1) is 0 Å². The number of hydrogen-bond donors (Lipinski definition) is 2. The van der Waals surface area contributed by atoms with Gasteiger partial charge in [0, 0.05) is 18.1 Å². The van der Waals surface area contributed by atoms with Crippen molar-refractivity contribution in [3.8, 4) is 11.4 Å². The van der Waals surface area contributed by atoms with Gasteiger partial charge < -0.3 is 10.2 Å². The molecule has 1 aromatic heterocycles. The number of halogens is 1. The molecule has 1 heterocycles. The summed E-state index contributed by atoms with van der Waals surface area (Å²) in [5.74, 6) is -1.29. The van der Waals surface area contributed by atoms with Crippen LogP contribution in [0.4, 0.5) is 4.39 Å². The summed E-state index contributed by atoms with van der Waals surface area (Å²) in [6.45, 7) is 5.86. The summed E-state index contributed by atoms with van der Waals surface area (Å²) in [4.78, 5) is 12.2. The lowest BCUT2D eigenvalue weighted by Crippen LogP contribution is -2.14. The minimum absolute atomic E-state index is 0.0203. The molecular weight excluding hydrogens is 337 g/mol. The fraction of sp³-hybridized carbons (Fsp3) is 0.316. The lowest BCUT2D eigenvalue weighted by atomic mass is 9.84. The Morgan fingerprint density at radius 3 is 2.50 bits per heavy atom. The van der Waals surface area contributed by atoms with Crippen LogP contribution in [0, 0.1) is 5.82 Å². The number of fused-ring (bicyclic) bond motifs is 1. The molecule has 6 nitrogen and oxygen atoms in total. The molecule has 7 heteroatoms. The topological polar surface area (TPSA) is 88.2 Å². The van der Waals surface area contributed by atoms with Gasteiger partial charge in [-0.2, -0.15) is 0 Å². The number of aryl methyl sites for hydroxylation is 1. The van der Waals surface area contributed by atoms with E-state index in [9.17, 15) is 14.3 Å². The summed E-state index contributed by atoms with van der Waals surface area (Å²) in [7, 11) is 0. The second-order valence-electron chi connectivity index (χ2n) is 7.28. The average molecular weight is 357 g/mol. The van der Waals surface area contributed by atoms with Gasteiger partial charge >= 0.3 is 5.97 Å². The van der Waals surface area contributed by atoms with Crippen molar-refractivity contribution in [3.05, 3.63) is 47.3 Å². The Morgan fingerprint density at radius 1 is 1.15 bits per heavy atom. The molecule has 136 valence electrons. The van der Waals surface area contributed by atoms with Crippen LogP contribution in [-0.2, 0) is 16.6 Å². The molecule has 0 aliphatic rings. The van der Waals surface area contributed by atoms with E-state index in [4.69, 9.17) is 5.11 Å². The fourth-order valence-corrected chi connectivity index (χ4v) is 2.79. The van der Waals surface area contributed by atoms with Gasteiger partial charge in [-0.1, -0.05) is 26.8 Å². The van der Waals surface area contributed by atoms with E-state index in [1.807, 2.05) is 26.8 Å². The van der Waals surface area contributed by atoms with Crippen LogP contribution in [-0.4, -0.2) is 31.2 Å². The van der Waals surface area contributed by atoms with Gasteiger partial charge in [-0.05, 0) is 35.6 Å². The predicted molar refractivity (Wildman–Crippen MR) is 95.1 cm³/mol. The molecule has 0 saturated heterocycles. The summed E-state index contributed by atoms with van der Waals surface area (Å²) >= 11 is 0. The van der Waals surface area contributed by atoms with Gasteiger partial charge in [-0.15, -0.1) is 15.0 Å². The van der Waals surface area contributed by atoms with Crippen LogP contribution in [0.1, 0.15) is 38.3 Å². The number of carboxylic acids is 1. The van der Waals surface area contributed by atoms with Crippen molar-refractivity contribution in [3.63, 3.8) is 0 Å². The Bertz CT molecular complexity index is 990. The van der Waals surface area contributed by atoms with Gasteiger partial charge in [-0.3, -0.25) is 4.79 Å². The molecule has 2 N–H and O–H groups in total. The lowest BCUT2D eigenvalue weighted by Gasteiger charge is -2.23. The van der Waals surface area contributed by atoms with Crippen molar-refractivity contribution in [1.29, 1.82) is 0 Å². The molecule has 3 aromatic rings. The van der Waals surface area contributed by atoms with Crippen molar-refractivity contribution in [2.24, 2.45) is 0 Å². The second kappa shape index (κ2) is 6.40. The first-order chi connectivity index (χ1) is 12.1. The quantitative estimate of drug-likeness (QED) is 0.745. The number of rotatable bonds is 4. The van der Waals surface area contributed by atoms with E-state index in [1.54, 1.807) is 6.07 Å². The van der Waals surface area contributed by atoms with Gasteiger partial charge in [-0.25, -0.2) is 4.39 Å². The van der Waals surface area contributed by atoms with E-state index in [2.05, 4.69) is 10.2 Å². The third-order valence-corrected chi connectivity index (χ3v) is 4.14. The number of phenolic OH excluding ortho intramolecular Hbond substituents is 1. The molecular formula is C19H20FN3O3. The number of benzene rings is 2. The monoisotopic (exact) mass is 357 g/mol. The number of aliphatic carboxylic acids is 1. The van der Waals surface area contributed by atoms with Crippen LogP contribution in [0.15, 0.2) is 30.3 Å². The number of nitrogens with zero attached hydrogens (tertiary/aromatic N) is 3. The zero-order valence-electron chi connectivity index (χ0n) is 14.8. The molecule has 0 fully saturated rings. The lowest BCUT2D eigenvalue weighted by molar-refractivity contribution is -0.136. The molecule has 0 amide bonds. The van der Waals surface area contributed by atoms with Gasteiger partial charge in [0.25, 0.3) is 0 Å². The minimum atomic E-state index is -0.893. The van der Waals surface area contributed by atoms with E-state index in [1.165, 1.54) is 23.0 Å². The molecule has 3 rings (SSSR count). The molecule has 0 atom stereocenters. The van der Waals surface area contributed by atoms with E-state index >= 15 is 0 Å². The van der Waals surface area contributed by atoms with E-state index in [-0.39, 0.29) is 17.6 Å². The Morgan fingerprint density at radius 2 is 1.85 bits per heavy atom. The normalized spacial score (nSPS) is 11.8. The number of hydrogen-bond acceptors (Lipinski definition) is 4. The van der Waals surface area contributed by atoms with Crippen LogP contribution in [0.5, 0.6) is 5.75 Å². The highest BCUT2D eigenvalue weighted by atomic mass is 19.1. The number of phenols is 1. The maximum atomic E-state index is 13.4. The molecule has 0 radical (unpaired) electrons. The van der Waals surface area contributed by atoms with Crippen molar-refractivity contribution in [1.82, 2.24) is 15.0 Å². The van der Waals surface area contributed by atoms with Gasteiger partial charge in [0.1, 0.15) is 28.3 Å². The first kappa shape index (κ1) is 17.8. The average Bonchev–Trinajstić information content (AvgIpc) is 2.95. The van der Waals surface area contributed by atoms with Crippen LogP contribution in [0.2, 0.25) is 0 Å². The maximum Gasteiger partial charge on any atom is 0.303 e. The predicted octanol–water partition coefficient (Wildman–Crippen LogP) is 3.58. The number of aromatic hydroxyl groups is 1. The number of aromatic nitrogens is 3. The van der Waals surface area contributed by atoms with E-state index in [0.717, 1.165) is 5.56 Å². The highest BCUT2D eigenvalue weighted by Crippen LogP contribution is 2.36. The zero-order chi connectivity index (χ0) is 19.1. The molecule has 0 spiro atoms. The number of carbonyl (C=O) groups is 1. The third-order valence-electron chi connectivity index (χ3n) is 4.14. The SMILES string of the molecule is CC(C)(C)c1cc(CCC(=O)O)cc(-n2nc3ccc(F)cc3n2)c1O. The Labute approximate surface area is 149 Å². The fourth-order valence-electron chi connectivity index (χ4n) is 2.79. The molecule has 0 aliphatic carbocycles. The van der Waals surface area contributed by atoms with E-state index in [0.29, 0.717) is 28.7 Å². The summed E-state index contributed by atoms with van der Waals surface area (Å²) in [5.41, 5.74) is 2.28. The summed E-state index contributed by atoms with van der Waals surface area (Å²) in [6, 6.07) is 7.57. The molecule has 0 unspecified atom stereocenters. The molecule has 26 heavy (non-hydrogen) atoms. The largest absolute Gasteiger partial charge is 0.505 e. The zero-order valence-corrected chi connectivity index (χ0v) is 14.8. The van der Waals surface area contributed by atoms with Crippen molar-refractivity contribution >= 4 is 17.0 Å². The Balaban J connectivity index is 2.16. The van der Waals surface area contributed by atoms with Crippen LogP contribution in [0.25, 0.3) is 16.7 Å². The smallest absolute Gasteiger partial charge is 0.303 e. The van der Waals surface area contributed by atoms with E-state index < -0.39 is 11.8 Å². The molecule has 2 aromatic carbocycles. The van der Waals surface area contributed by atoms with Crippen LogP contribution >= 0.6 is 0 Å². The second-order valence-corrected chi connectivity index (χ2v) is 7.28. The summed E-state index contributed by atoms with van der Waals surface area (Å²) < 4.78 is 13.4. The summed E-state index contributed by atoms with van der Waals surface area (Å²) in [5, 5.41) is 28.3. The number of carboxylic acid groups (broad SMARTS) is 1. The maximum absolute atomic E-state index is 13.4. The van der Waals surface area contributed by atoms with Crippen LogP contribution < -0.4 is 0 Å². The van der Waals surface area contributed by atoms with Crippen molar-refractivity contribution in [2.45, 2.75) is 39.0 Å². The molecule has 0 saturated carbocycles. The first-order valence-electron chi connectivity index (χ1n) is 8.26. The third kappa shape index (κ3) is 3.51. The standard InChI is InChI=1S/C19H20FN3O3/c1-19(2,3)13-8-11(4-7-17(24)25)9-16(18(13)26)23-21-14-6-5-12(20)10-15(14)22-23/h5-6,8-10,26H,4,7H2,1-3H3,(H,24,25). The molecule has 0 bridgehead atoms. The Kier molecular flexibility index (Phi) is 4.39. The van der Waals surface area contributed by atoms with Crippen molar-refractivity contribution in [2.75, 3.05) is 0 Å². The minimum Gasteiger partial charge on any atom is -0.505 e. The first-order valence-corrected chi connectivity index (χ1v) is 8.26. The molecule has 0 aliphatic heterocycles. The van der Waals surface area contributed by atoms with Crippen molar-refractivity contribution < 1.29 is 19.4 Å². The highest BCUT2D eigenvalue weighted by Gasteiger charge is 2.23.